The van der Waals surface area contributed by atoms with Gasteiger partial charge in [-0.1, -0.05) is 41.0 Å². The number of halogens is 2. The summed E-state index contributed by atoms with van der Waals surface area (Å²) in [4.78, 5) is 12.6. The van der Waals surface area contributed by atoms with Gasteiger partial charge in [-0.05, 0) is 29.6 Å². The molecule has 22 heavy (non-hydrogen) atoms. The highest BCUT2D eigenvalue weighted by Gasteiger charge is 2.13. The summed E-state index contributed by atoms with van der Waals surface area (Å²) in [6, 6.07) is 8.70. The van der Waals surface area contributed by atoms with E-state index in [1.807, 2.05) is 11.4 Å². The van der Waals surface area contributed by atoms with Crippen LogP contribution >= 0.6 is 46.3 Å². The molecule has 0 atom stereocenters. The quantitative estimate of drug-likeness (QED) is 0.462. The van der Waals surface area contributed by atoms with Gasteiger partial charge in [-0.15, -0.1) is 21.5 Å². The van der Waals surface area contributed by atoms with E-state index in [0.717, 1.165) is 4.88 Å². The van der Waals surface area contributed by atoms with Crippen molar-refractivity contribution in [1.82, 2.24) is 10.2 Å². The summed E-state index contributed by atoms with van der Waals surface area (Å²) in [5, 5.41) is 11.0. The average Bonchev–Trinajstić information content (AvgIpc) is 3.19. The highest BCUT2D eigenvalue weighted by atomic mass is 35.5. The first-order valence-corrected chi connectivity index (χ1v) is 8.74. The van der Waals surface area contributed by atoms with Crippen LogP contribution in [-0.2, 0) is 0 Å². The van der Waals surface area contributed by atoms with Gasteiger partial charge in [-0.2, -0.15) is 0 Å². The van der Waals surface area contributed by atoms with E-state index in [1.165, 1.54) is 23.1 Å². The highest BCUT2D eigenvalue weighted by molar-refractivity contribution is 7.99. The van der Waals surface area contributed by atoms with Crippen LogP contribution in [0, 0.1) is 0 Å². The van der Waals surface area contributed by atoms with Gasteiger partial charge in [0.05, 0.1) is 20.7 Å². The van der Waals surface area contributed by atoms with Crippen molar-refractivity contribution in [1.29, 1.82) is 0 Å². The third-order valence-electron chi connectivity index (χ3n) is 2.70. The lowest BCUT2D eigenvalue weighted by Gasteiger charge is -1.98. The fourth-order valence-electron chi connectivity index (χ4n) is 1.65. The third kappa shape index (κ3) is 3.52. The molecule has 0 unspecified atom stereocenters. The molecule has 0 fully saturated rings. The Labute approximate surface area is 144 Å². The molecule has 2 heterocycles. The van der Waals surface area contributed by atoms with Crippen LogP contribution in [0.4, 0.5) is 0 Å². The first-order chi connectivity index (χ1) is 10.6. The summed E-state index contributed by atoms with van der Waals surface area (Å²) in [5.74, 6) is 0.627. The van der Waals surface area contributed by atoms with Crippen LogP contribution in [0.1, 0.15) is 9.67 Å². The summed E-state index contributed by atoms with van der Waals surface area (Å²) in [6.07, 6.45) is 0. The fraction of sp³-hybridized carbons (Fsp3) is 0.0714. The average molecular weight is 371 g/mol. The number of hydrogen-bond donors (Lipinski definition) is 0. The zero-order valence-corrected chi connectivity index (χ0v) is 14.1. The second-order valence-electron chi connectivity index (χ2n) is 4.19. The monoisotopic (exact) mass is 370 g/mol. The summed E-state index contributed by atoms with van der Waals surface area (Å²) >= 11 is 14.4. The van der Waals surface area contributed by atoms with Crippen molar-refractivity contribution < 1.29 is 9.21 Å². The maximum atomic E-state index is 11.9. The van der Waals surface area contributed by atoms with Crippen molar-refractivity contribution in [3.63, 3.8) is 0 Å². The van der Waals surface area contributed by atoms with Crippen molar-refractivity contribution in [3.05, 3.63) is 50.6 Å². The van der Waals surface area contributed by atoms with Crippen molar-refractivity contribution >= 4 is 52.1 Å². The van der Waals surface area contributed by atoms with E-state index in [1.54, 1.807) is 24.3 Å². The Kier molecular flexibility index (Phi) is 4.83. The Morgan fingerprint density at radius 3 is 2.82 bits per heavy atom. The molecule has 0 aliphatic carbocycles. The molecule has 0 aliphatic heterocycles. The summed E-state index contributed by atoms with van der Waals surface area (Å²) in [6.45, 7) is 0. The number of benzene rings is 1. The Balaban J connectivity index is 1.68. The number of nitrogens with zero attached hydrogens (tertiary/aromatic N) is 2. The molecule has 0 bridgehead atoms. The van der Waals surface area contributed by atoms with Gasteiger partial charge >= 0.3 is 0 Å². The molecule has 0 spiro atoms. The normalized spacial score (nSPS) is 10.8. The van der Waals surface area contributed by atoms with Crippen LogP contribution in [0.15, 0.2) is 45.4 Å². The molecule has 0 amide bonds. The Bertz CT molecular complexity index is 803. The predicted molar refractivity (Wildman–Crippen MR) is 89.1 cm³/mol. The van der Waals surface area contributed by atoms with Crippen LogP contribution < -0.4 is 0 Å². The number of carbonyl (C=O) groups excluding carboxylic acids is 1. The number of carbonyl (C=O) groups is 1. The Morgan fingerprint density at radius 1 is 1.23 bits per heavy atom. The van der Waals surface area contributed by atoms with E-state index < -0.39 is 0 Å². The van der Waals surface area contributed by atoms with Crippen LogP contribution in [0.25, 0.3) is 11.5 Å². The largest absolute Gasteiger partial charge is 0.411 e. The summed E-state index contributed by atoms with van der Waals surface area (Å²) in [5.41, 5.74) is 0.679. The van der Waals surface area contributed by atoms with E-state index in [2.05, 4.69) is 10.2 Å². The van der Waals surface area contributed by atoms with E-state index in [4.69, 9.17) is 27.6 Å². The van der Waals surface area contributed by atoms with E-state index in [0.29, 0.717) is 26.7 Å². The fourth-order valence-corrected chi connectivity index (χ4v) is 3.35. The van der Waals surface area contributed by atoms with Crippen LogP contribution in [0.5, 0.6) is 0 Å². The second kappa shape index (κ2) is 6.83. The van der Waals surface area contributed by atoms with Gasteiger partial charge < -0.3 is 4.42 Å². The van der Waals surface area contributed by atoms with E-state index in [9.17, 15) is 4.79 Å². The number of aromatic nitrogens is 2. The molecule has 3 aromatic rings. The lowest BCUT2D eigenvalue weighted by atomic mass is 10.2. The first-order valence-electron chi connectivity index (χ1n) is 6.12. The molecule has 0 saturated carbocycles. The zero-order chi connectivity index (χ0) is 15.5. The molecule has 0 N–H and O–H groups in total. The molecular weight excluding hydrogens is 363 g/mol. The minimum atomic E-state index is 0.0364. The van der Waals surface area contributed by atoms with Crippen molar-refractivity contribution in [3.8, 4) is 11.5 Å². The SMILES string of the molecule is O=C(CSc1nnc(-c2ccc(Cl)c(Cl)c2)o1)c1cccs1. The topological polar surface area (TPSA) is 56.0 Å². The summed E-state index contributed by atoms with van der Waals surface area (Å²) < 4.78 is 5.52. The number of rotatable bonds is 5. The summed E-state index contributed by atoms with van der Waals surface area (Å²) in [7, 11) is 0. The standard InChI is InChI=1S/C14H8Cl2N2O2S2/c15-9-4-3-8(6-10(9)16)13-17-18-14(20-13)22-7-11(19)12-2-1-5-21-12/h1-6H,7H2. The smallest absolute Gasteiger partial charge is 0.277 e. The molecule has 0 radical (unpaired) electrons. The Morgan fingerprint density at radius 2 is 2.09 bits per heavy atom. The highest BCUT2D eigenvalue weighted by Crippen LogP contribution is 2.29. The van der Waals surface area contributed by atoms with Gasteiger partial charge in [0.1, 0.15) is 0 Å². The van der Waals surface area contributed by atoms with Gasteiger partial charge in [0.2, 0.25) is 5.89 Å². The molecule has 112 valence electrons. The minimum Gasteiger partial charge on any atom is -0.411 e. The van der Waals surface area contributed by atoms with Gasteiger partial charge in [-0.3, -0.25) is 4.79 Å². The maximum absolute atomic E-state index is 11.9. The minimum absolute atomic E-state index is 0.0364. The van der Waals surface area contributed by atoms with Gasteiger partial charge in [0.15, 0.2) is 5.78 Å². The van der Waals surface area contributed by atoms with Gasteiger partial charge in [0, 0.05) is 5.56 Å². The molecular formula is C14H8Cl2N2O2S2. The van der Waals surface area contributed by atoms with Gasteiger partial charge in [0.25, 0.3) is 5.22 Å². The van der Waals surface area contributed by atoms with Crippen molar-refractivity contribution in [2.45, 2.75) is 5.22 Å². The van der Waals surface area contributed by atoms with Crippen molar-refractivity contribution in [2.75, 3.05) is 5.75 Å². The zero-order valence-electron chi connectivity index (χ0n) is 11.0. The molecule has 4 nitrogen and oxygen atoms in total. The second-order valence-corrected chi connectivity index (χ2v) is 6.88. The number of hydrogen-bond acceptors (Lipinski definition) is 6. The van der Waals surface area contributed by atoms with E-state index >= 15 is 0 Å². The maximum Gasteiger partial charge on any atom is 0.277 e. The van der Waals surface area contributed by atoms with E-state index in [-0.39, 0.29) is 11.5 Å². The van der Waals surface area contributed by atoms with Crippen LogP contribution in [-0.4, -0.2) is 21.7 Å². The Hall–Kier alpha value is -1.34. The number of Topliss-reactive ketones (excluding diaryl/α,β-unsaturated/α-hetero) is 1. The molecule has 8 heteroatoms. The molecule has 3 rings (SSSR count). The van der Waals surface area contributed by atoms with Crippen molar-refractivity contribution in [2.24, 2.45) is 0 Å². The molecule has 1 aromatic carbocycles. The molecule has 2 aromatic heterocycles. The molecule has 0 saturated heterocycles. The number of ketones is 1. The number of thiophene rings is 1. The predicted octanol–water partition coefficient (Wildman–Crippen LogP) is 5.08. The number of thioether (sulfide) groups is 1. The van der Waals surface area contributed by atoms with Crippen LogP contribution in [0.3, 0.4) is 0 Å². The molecule has 0 aliphatic rings. The lowest BCUT2D eigenvalue weighted by molar-refractivity contribution is 0.102. The third-order valence-corrected chi connectivity index (χ3v) is 5.16. The first kappa shape index (κ1) is 15.6. The van der Waals surface area contributed by atoms with Gasteiger partial charge in [-0.25, -0.2) is 0 Å². The lowest BCUT2D eigenvalue weighted by Crippen LogP contribution is -1.98. The van der Waals surface area contributed by atoms with Crippen LogP contribution in [0.2, 0.25) is 10.0 Å².